The van der Waals surface area contributed by atoms with Crippen molar-refractivity contribution in [2.24, 2.45) is 0 Å². The fraction of sp³-hybridized carbons (Fsp3) is 0.292. The van der Waals surface area contributed by atoms with E-state index in [1.54, 1.807) is 0 Å². The molecule has 0 N–H and O–H groups in total. The maximum absolute atomic E-state index is 12.0. The van der Waals surface area contributed by atoms with Crippen LogP contribution in [-0.2, 0) is 14.3 Å². The Morgan fingerprint density at radius 3 is 2.74 bits per heavy atom. The smallest absolute Gasteiger partial charge is 0.333 e. The van der Waals surface area contributed by atoms with Gasteiger partial charge in [-0.15, -0.1) is 0 Å². The van der Waals surface area contributed by atoms with Crippen molar-refractivity contribution in [2.75, 3.05) is 13.7 Å². The summed E-state index contributed by atoms with van der Waals surface area (Å²) in [6.07, 6.45) is 4.92. The fourth-order valence-corrected chi connectivity index (χ4v) is 2.93. The van der Waals surface area contributed by atoms with Crippen molar-refractivity contribution in [1.82, 2.24) is 0 Å². The molecule has 0 fully saturated rings. The van der Waals surface area contributed by atoms with E-state index in [-0.39, 0.29) is 6.61 Å². The SMILES string of the molecule is COCC(=O)OC1C#CCCCCC#CC1=Cc1cccc2ccccc12. The Morgan fingerprint density at radius 1 is 1.11 bits per heavy atom. The molecule has 3 rings (SSSR count). The Labute approximate surface area is 160 Å². The number of carbonyl (C=O) groups excluding carboxylic acids is 1. The molecule has 0 saturated heterocycles. The summed E-state index contributed by atoms with van der Waals surface area (Å²) in [5.41, 5.74) is 1.73. The molecule has 2 aromatic carbocycles. The van der Waals surface area contributed by atoms with E-state index in [2.05, 4.69) is 41.9 Å². The fourth-order valence-electron chi connectivity index (χ4n) is 2.93. The van der Waals surface area contributed by atoms with E-state index in [0.717, 1.165) is 42.0 Å². The number of rotatable bonds is 4. The summed E-state index contributed by atoms with van der Waals surface area (Å²) in [4.78, 5) is 12.0. The highest BCUT2D eigenvalue weighted by Crippen LogP contribution is 2.22. The molecule has 1 aliphatic carbocycles. The van der Waals surface area contributed by atoms with E-state index in [1.165, 1.54) is 7.11 Å². The molecule has 1 aliphatic rings. The van der Waals surface area contributed by atoms with Gasteiger partial charge in [-0.05, 0) is 35.3 Å². The summed E-state index contributed by atoms with van der Waals surface area (Å²) >= 11 is 0. The van der Waals surface area contributed by atoms with E-state index in [1.807, 2.05) is 30.3 Å². The van der Waals surface area contributed by atoms with Crippen LogP contribution in [0, 0.1) is 23.7 Å². The second-order valence-electron chi connectivity index (χ2n) is 6.30. The summed E-state index contributed by atoms with van der Waals surface area (Å²) in [5, 5.41) is 2.28. The third-order valence-electron chi connectivity index (χ3n) is 4.25. The van der Waals surface area contributed by atoms with Gasteiger partial charge in [0.15, 0.2) is 6.10 Å². The van der Waals surface area contributed by atoms with E-state index in [4.69, 9.17) is 9.47 Å². The maximum atomic E-state index is 12.0. The van der Waals surface area contributed by atoms with Gasteiger partial charge >= 0.3 is 5.97 Å². The van der Waals surface area contributed by atoms with Gasteiger partial charge in [0, 0.05) is 20.0 Å². The van der Waals surface area contributed by atoms with Crippen LogP contribution in [0.3, 0.4) is 0 Å². The first-order chi connectivity index (χ1) is 13.3. The molecule has 2 aromatic rings. The topological polar surface area (TPSA) is 35.5 Å². The van der Waals surface area contributed by atoms with Crippen LogP contribution in [0.15, 0.2) is 48.0 Å². The van der Waals surface area contributed by atoms with Crippen molar-refractivity contribution in [2.45, 2.75) is 31.8 Å². The zero-order valence-corrected chi connectivity index (χ0v) is 15.5. The molecule has 0 spiro atoms. The van der Waals surface area contributed by atoms with Crippen LogP contribution >= 0.6 is 0 Å². The van der Waals surface area contributed by atoms with Crippen molar-refractivity contribution in [3.8, 4) is 23.7 Å². The van der Waals surface area contributed by atoms with E-state index in [0.29, 0.717) is 5.57 Å². The molecular weight excluding hydrogens is 336 g/mol. The number of methoxy groups -OCH3 is 1. The van der Waals surface area contributed by atoms with Crippen LogP contribution in [0.5, 0.6) is 0 Å². The monoisotopic (exact) mass is 358 g/mol. The molecule has 0 heterocycles. The lowest BCUT2D eigenvalue weighted by Gasteiger charge is -2.13. The van der Waals surface area contributed by atoms with Gasteiger partial charge in [-0.25, -0.2) is 4.79 Å². The van der Waals surface area contributed by atoms with Gasteiger partial charge in [0.25, 0.3) is 0 Å². The maximum Gasteiger partial charge on any atom is 0.333 e. The Kier molecular flexibility index (Phi) is 6.69. The largest absolute Gasteiger partial charge is 0.442 e. The van der Waals surface area contributed by atoms with Crippen molar-refractivity contribution in [3.05, 3.63) is 53.6 Å². The number of hydrogen-bond donors (Lipinski definition) is 0. The zero-order chi connectivity index (χ0) is 18.9. The third kappa shape index (κ3) is 5.23. The van der Waals surface area contributed by atoms with Crippen molar-refractivity contribution in [3.63, 3.8) is 0 Å². The summed E-state index contributed by atoms with van der Waals surface area (Å²) in [5.74, 6) is 12.2. The quantitative estimate of drug-likeness (QED) is 0.602. The van der Waals surface area contributed by atoms with Crippen LogP contribution in [0.1, 0.15) is 31.2 Å². The van der Waals surface area contributed by atoms with Gasteiger partial charge < -0.3 is 9.47 Å². The molecule has 0 aromatic heterocycles. The van der Waals surface area contributed by atoms with Gasteiger partial charge in [-0.1, -0.05) is 66.1 Å². The molecule has 3 heteroatoms. The molecule has 0 amide bonds. The van der Waals surface area contributed by atoms with Gasteiger partial charge in [-0.2, -0.15) is 0 Å². The zero-order valence-electron chi connectivity index (χ0n) is 15.5. The number of carbonyl (C=O) groups is 1. The molecule has 27 heavy (non-hydrogen) atoms. The van der Waals surface area contributed by atoms with Gasteiger partial charge in [0.05, 0.1) is 5.57 Å². The van der Waals surface area contributed by atoms with Crippen LogP contribution in [0.2, 0.25) is 0 Å². The minimum atomic E-state index is -0.683. The molecule has 1 unspecified atom stereocenters. The summed E-state index contributed by atoms with van der Waals surface area (Å²) in [6, 6.07) is 14.3. The first-order valence-electron chi connectivity index (χ1n) is 9.13. The number of hydrogen-bond acceptors (Lipinski definition) is 3. The Bertz CT molecular complexity index is 958. The molecule has 3 nitrogen and oxygen atoms in total. The number of esters is 1. The molecule has 0 saturated carbocycles. The molecule has 1 atom stereocenters. The highest BCUT2D eigenvalue weighted by atomic mass is 16.6. The molecule has 136 valence electrons. The second kappa shape index (κ2) is 9.62. The van der Waals surface area contributed by atoms with Crippen LogP contribution in [0.25, 0.3) is 16.8 Å². The predicted octanol–water partition coefficient (Wildman–Crippen LogP) is 4.36. The highest BCUT2D eigenvalue weighted by Gasteiger charge is 2.17. The van der Waals surface area contributed by atoms with Crippen LogP contribution < -0.4 is 0 Å². The standard InChI is InChI=1S/C24H22O3/c1-26-18-24(25)27-23-16-7-5-3-2-4-6-12-21(23)17-20-14-10-13-19-11-8-9-15-22(19)20/h8-11,13-15,17,23H,2-5,18H2,1H3. The molecule has 0 radical (unpaired) electrons. The van der Waals surface area contributed by atoms with E-state index >= 15 is 0 Å². The molecule has 0 aliphatic heterocycles. The third-order valence-corrected chi connectivity index (χ3v) is 4.25. The average molecular weight is 358 g/mol. The minimum Gasteiger partial charge on any atom is -0.442 e. The first-order valence-corrected chi connectivity index (χ1v) is 9.13. The second-order valence-corrected chi connectivity index (χ2v) is 6.30. The van der Waals surface area contributed by atoms with E-state index in [9.17, 15) is 4.79 Å². The normalized spacial score (nSPS) is 18.1. The molecule has 0 bridgehead atoms. The number of ether oxygens (including phenoxy) is 2. The lowest BCUT2D eigenvalue weighted by atomic mass is 10.00. The summed E-state index contributed by atoms with van der Waals surface area (Å²) in [6.45, 7) is -0.104. The first kappa shape index (κ1) is 18.8. The van der Waals surface area contributed by atoms with Gasteiger partial charge in [-0.3, -0.25) is 0 Å². The lowest BCUT2D eigenvalue weighted by molar-refractivity contribution is -0.149. The Morgan fingerprint density at radius 2 is 1.89 bits per heavy atom. The van der Waals surface area contributed by atoms with Crippen molar-refractivity contribution >= 4 is 22.8 Å². The van der Waals surface area contributed by atoms with Crippen LogP contribution in [-0.4, -0.2) is 25.8 Å². The average Bonchev–Trinajstić information content (AvgIpc) is 2.68. The Balaban J connectivity index is 2.04. The van der Waals surface area contributed by atoms with Gasteiger partial charge in [0.1, 0.15) is 6.61 Å². The predicted molar refractivity (Wildman–Crippen MR) is 108 cm³/mol. The highest BCUT2D eigenvalue weighted by molar-refractivity contribution is 5.91. The Hall–Kier alpha value is -3.01. The summed E-state index contributed by atoms with van der Waals surface area (Å²) in [7, 11) is 1.47. The number of fused-ring (bicyclic) bond motifs is 1. The van der Waals surface area contributed by atoms with E-state index < -0.39 is 12.1 Å². The lowest BCUT2D eigenvalue weighted by Crippen LogP contribution is -2.21. The van der Waals surface area contributed by atoms with Crippen molar-refractivity contribution in [1.29, 1.82) is 0 Å². The minimum absolute atomic E-state index is 0.104. The van der Waals surface area contributed by atoms with Crippen molar-refractivity contribution < 1.29 is 14.3 Å². The molecular formula is C24H22O3. The number of benzene rings is 2. The van der Waals surface area contributed by atoms with Gasteiger partial charge in [0.2, 0.25) is 0 Å². The van der Waals surface area contributed by atoms with Crippen LogP contribution in [0.4, 0.5) is 0 Å². The summed E-state index contributed by atoms with van der Waals surface area (Å²) < 4.78 is 10.4.